The number of benzene rings is 1. The van der Waals surface area contributed by atoms with Gasteiger partial charge in [-0.25, -0.2) is 0 Å². The number of hydrogen-bond acceptors (Lipinski definition) is 4. The molecule has 2 amide bonds. The lowest BCUT2D eigenvalue weighted by atomic mass is 10.1. The van der Waals surface area contributed by atoms with Gasteiger partial charge in [0.15, 0.2) is 0 Å². The lowest BCUT2D eigenvalue weighted by Gasteiger charge is -2.17. The maximum Gasteiger partial charge on any atom is 0.227 e. The van der Waals surface area contributed by atoms with Crippen molar-refractivity contribution in [2.24, 2.45) is 5.92 Å². The van der Waals surface area contributed by atoms with Crippen molar-refractivity contribution < 1.29 is 9.59 Å². The predicted molar refractivity (Wildman–Crippen MR) is 126 cm³/mol. The maximum atomic E-state index is 12.9. The number of nitrogens with one attached hydrogen (secondary N) is 1. The van der Waals surface area contributed by atoms with Gasteiger partial charge in [-0.1, -0.05) is 36.6 Å². The molecule has 2 aromatic heterocycles. The minimum atomic E-state index is -0.356. The van der Waals surface area contributed by atoms with Crippen LogP contribution in [0.2, 0.25) is 0 Å². The van der Waals surface area contributed by atoms with Crippen molar-refractivity contribution in [1.29, 1.82) is 0 Å². The van der Waals surface area contributed by atoms with Gasteiger partial charge in [0.05, 0.1) is 35.6 Å². The molecule has 3 heterocycles. The van der Waals surface area contributed by atoms with Gasteiger partial charge in [-0.15, -0.1) is 0 Å². The van der Waals surface area contributed by atoms with E-state index < -0.39 is 0 Å². The van der Waals surface area contributed by atoms with E-state index in [4.69, 9.17) is 5.10 Å². The summed E-state index contributed by atoms with van der Waals surface area (Å²) in [6.07, 6.45) is 6.69. The second-order valence-corrected chi connectivity index (χ2v) is 9.08. The zero-order valence-electron chi connectivity index (χ0n) is 18.9. The maximum absolute atomic E-state index is 12.9. The van der Waals surface area contributed by atoms with Crippen molar-refractivity contribution in [3.05, 3.63) is 66.0 Å². The van der Waals surface area contributed by atoms with E-state index >= 15 is 0 Å². The van der Waals surface area contributed by atoms with Crippen LogP contribution in [-0.2, 0) is 16.1 Å². The fourth-order valence-electron chi connectivity index (χ4n) is 4.84. The highest BCUT2D eigenvalue weighted by Crippen LogP contribution is 2.33. The minimum Gasteiger partial charge on any atom is -0.350 e. The largest absolute Gasteiger partial charge is 0.350 e. The van der Waals surface area contributed by atoms with Crippen LogP contribution in [0.1, 0.15) is 49.4 Å². The van der Waals surface area contributed by atoms with Crippen molar-refractivity contribution in [1.82, 2.24) is 20.1 Å². The zero-order valence-corrected chi connectivity index (χ0v) is 18.9. The zero-order chi connectivity index (χ0) is 22.8. The molecule has 1 saturated carbocycles. The lowest BCUT2D eigenvalue weighted by molar-refractivity contribution is -0.126. The van der Waals surface area contributed by atoms with Crippen molar-refractivity contribution in [3.63, 3.8) is 0 Å². The molecule has 0 spiro atoms. The van der Waals surface area contributed by atoms with Crippen LogP contribution in [0.25, 0.3) is 11.4 Å². The van der Waals surface area contributed by atoms with Crippen LogP contribution in [0.5, 0.6) is 0 Å². The van der Waals surface area contributed by atoms with Crippen LogP contribution in [-0.4, -0.2) is 33.1 Å². The lowest BCUT2D eigenvalue weighted by Crippen LogP contribution is -2.32. The standard InChI is InChI=1S/C26H29N5O2/c1-18-9-11-21(12-10-18)30-17-19(14-25(30)32)26(33)28-16-20-15-24(23-8-4-5-13-27-23)31(29-20)22-6-2-3-7-22/h4-5,8-13,15,19,22H,2-3,6-7,14,16-17H2,1H3,(H,28,33). The van der Waals surface area contributed by atoms with Gasteiger partial charge in [0.25, 0.3) is 0 Å². The summed E-state index contributed by atoms with van der Waals surface area (Å²) in [6, 6.07) is 16.1. The van der Waals surface area contributed by atoms with Crippen LogP contribution in [0.15, 0.2) is 54.7 Å². The molecule has 1 saturated heterocycles. The van der Waals surface area contributed by atoms with E-state index in [2.05, 4.69) is 15.0 Å². The molecule has 5 rings (SSSR count). The van der Waals surface area contributed by atoms with Crippen molar-refractivity contribution in [2.75, 3.05) is 11.4 Å². The molecule has 33 heavy (non-hydrogen) atoms. The van der Waals surface area contributed by atoms with Gasteiger partial charge in [0.2, 0.25) is 11.8 Å². The summed E-state index contributed by atoms with van der Waals surface area (Å²) in [6.45, 7) is 2.76. The van der Waals surface area contributed by atoms with Crippen molar-refractivity contribution in [3.8, 4) is 11.4 Å². The molecule has 3 aromatic rings. The van der Waals surface area contributed by atoms with E-state index in [1.165, 1.54) is 12.8 Å². The fourth-order valence-corrected chi connectivity index (χ4v) is 4.84. The highest BCUT2D eigenvalue weighted by atomic mass is 16.2. The molecule has 1 N–H and O–H groups in total. The Labute approximate surface area is 193 Å². The number of nitrogens with zero attached hydrogens (tertiary/aromatic N) is 4. The Hall–Kier alpha value is -3.48. The van der Waals surface area contributed by atoms with Gasteiger partial charge in [-0.2, -0.15) is 5.10 Å². The van der Waals surface area contributed by atoms with E-state index in [9.17, 15) is 9.59 Å². The first-order valence-corrected chi connectivity index (χ1v) is 11.7. The number of pyridine rings is 1. The highest BCUT2D eigenvalue weighted by molar-refractivity contribution is 6.00. The van der Waals surface area contributed by atoms with E-state index in [1.807, 2.05) is 55.5 Å². The smallest absolute Gasteiger partial charge is 0.227 e. The molecule has 0 radical (unpaired) electrons. The van der Waals surface area contributed by atoms with Crippen LogP contribution in [0.3, 0.4) is 0 Å². The number of rotatable bonds is 6. The molecule has 7 heteroatoms. The van der Waals surface area contributed by atoms with Gasteiger partial charge in [0.1, 0.15) is 0 Å². The number of hydrogen-bond donors (Lipinski definition) is 1. The first-order chi connectivity index (χ1) is 16.1. The van der Waals surface area contributed by atoms with Crippen LogP contribution < -0.4 is 10.2 Å². The molecular formula is C26H29N5O2. The summed E-state index contributed by atoms with van der Waals surface area (Å²) in [7, 11) is 0. The first kappa shape index (κ1) is 21.4. The Morgan fingerprint density at radius 1 is 1.12 bits per heavy atom. The third-order valence-electron chi connectivity index (χ3n) is 6.67. The molecule has 1 aromatic carbocycles. The Kier molecular flexibility index (Phi) is 5.94. The molecule has 170 valence electrons. The second kappa shape index (κ2) is 9.17. The Bertz CT molecular complexity index is 1130. The molecule has 0 bridgehead atoms. The Morgan fingerprint density at radius 2 is 1.91 bits per heavy atom. The number of amides is 2. The number of anilines is 1. The minimum absolute atomic E-state index is 0.0121. The molecule has 1 aliphatic heterocycles. The van der Waals surface area contributed by atoms with Gasteiger partial charge < -0.3 is 10.2 Å². The SMILES string of the molecule is Cc1ccc(N2CC(C(=O)NCc3cc(-c4ccccn4)n(C4CCCC4)n3)CC2=O)cc1. The third kappa shape index (κ3) is 4.53. The highest BCUT2D eigenvalue weighted by Gasteiger charge is 2.35. The second-order valence-electron chi connectivity index (χ2n) is 9.08. The summed E-state index contributed by atoms with van der Waals surface area (Å²) in [4.78, 5) is 31.6. The average Bonchev–Trinajstić information content (AvgIpc) is 3.58. The summed E-state index contributed by atoms with van der Waals surface area (Å²) < 4.78 is 2.09. The Balaban J connectivity index is 1.27. The molecule has 1 aliphatic carbocycles. The molecule has 1 unspecified atom stereocenters. The average molecular weight is 444 g/mol. The molecule has 2 fully saturated rings. The van der Waals surface area contributed by atoms with E-state index in [0.29, 0.717) is 19.1 Å². The van der Waals surface area contributed by atoms with Crippen molar-refractivity contribution >= 4 is 17.5 Å². The summed E-state index contributed by atoms with van der Waals surface area (Å²) >= 11 is 0. The van der Waals surface area contributed by atoms with E-state index in [0.717, 1.165) is 41.2 Å². The monoisotopic (exact) mass is 443 g/mol. The molecule has 2 aliphatic rings. The van der Waals surface area contributed by atoms with Crippen LogP contribution in [0.4, 0.5) is 5.69 Å². The summed E-state index contributed by atoms with van der Waals surface area (Å²) in [5.41, 5.74) is 4.69. The first-order valence-electron chi connectivity index (χ1n) is 11.7. The summed E-state index contributed by atoms with van der Waals surface area (Å²) in [5.74, 6) is -0.472. The Morgan fingerprint density at radius 3 is 2.64 bits per heavy atom. The van der Waals surface area contributed by atoms with Crippen LogP contribution >= 0.6 is 0 Å². The quantitative estimate of drug-likeness (QED) is 0.624. The van der Waals surface area contributed by atoms with E-state index in [-0.39, 0.29) is 24.2 Å². The molecule has 1 atom stereocenters. The van der Waals surface area contributed by atoms with Gasteiger partial charge in [0, 0.05) is 24.8 Å². The van der Waals surface area contributed by atoms with Crippen molar-refractivity contribution in [2.45, 2.75) is 51.6 Å². The van der Waals surface area contributed by atoms with Gasteiger partial charge in [-0.05, 0) is 50.1 Å². The molecular weight excluding hydrogens is 414 g/mol. The van der Waals surface area contributed by atoms with Crippen LogP contribution in [0, 0.1) is 12.8 Å². The van der Waals surface area contributed by atoms with Gasteiger partial charge in [-0.3, -0.25) is 19.3 Å². The fraction of sp³-hybridized carbons (Fsp3) is 0.385. The predicted octanol–water partition coefficient (Wildman–Crippen LogP) is 4.04. The van der Waals surface area contributed by atoms with Gasteiger partial charge >= 0.3 is 0 Å². The van der Waals surface area contributed by atoms with E-state index in [1.54, 1.807) is 11.1 Å². The topological polar surface area (TPSA) is 80.1 Å². The normalized spacial score (nSPS) is 18.8. The third-order valence-corrected chi connectivity index (χ3v) is 6.67. The number of aromatic nitrogens is 3. The summed E-state index contributed by atoms with van der Waals surface area (Å²) in [5, 5.41) is 7.85. The number of aryl methyl sites for hydroxylation is 1. The molecule has 7 nitrogen and oxygen atoms in total. The number of carbonyl (C=O) groups excluding carboxylic acids is 2. The number of carbonyl (C=O) groups is 2.